The number of hydrogen-bond donors (Lipinski definition) is 2. The lowest BCUT2D eigenvalue weighted by atomic mass is 9.78. The van der Waals surface area contributed by atoms with Crippen molar-refractivity contribution >= 4 is 11.3 Å². The number of pyridine rings is 1. The van der Waals surface area contributed by atoms with Crippen molar-refractivity contribution in [2.75, 3.05) is 0 Å². The van der Waals surface area contributed by atoms with E-state index in [2.05, 4.69) is 36.1 Å². The lowest BCUT2D eigenvalue weighted by molar-refractivity contribution is -0.00875. The van der Waals surface area contributed by atoms with Crippen LogP contribution in [0.25, 0.3) is 0 Å². The fraction of sp³-hybridized carbons (Fsp3) is 0.579. The maximum absolute atomic E-state index is 10.9. The highest BCUT2D eigenvalue weighted by Gasteiger charge is 2.34. The molecule has 1 aliphatic carbocycles. The molecule has 2 aromatic heterocycles. The minimum absolute atomic E-state index is 0.168. The molecule has 24 heavy (non-hydrogen) atoms. The van der Waals surface area contributed by atoms with Crippen LogP contribution in [0.1, 0.15) is 61.9 Å². The van der Waals surface area contributed by atoms with E-state index in [1.165, 1.54) is 4.88 Å². The fourth-order valence-corrected chi connectivity index (χ4v) is 4.12. The summed E-state index contributed by atoms with van der Waals surface area (Å²) in [6.45, 7) is 7.48. The third-order valence-electron chi connectivity index (χ3n) is 4.85. The maximum atomic E-state index is 10.9. The molecule has 0 unspecified atom stereocenters. The summed E-state index contributed by atoms with van der Waals surface area (Å²) in [6.07, 6.45) is 9.05. The van der Waals surface area contributed by atoms with Crippen molar-refractivity contribution in [3.63, 3.8) is 0 Å². The Morgan fingerprint density at radius 2 is 2.04 bits per heavy atom. The highest BCUT2D eigenvalue weighted by Crippen LogP contribution is 2.37. The summed E-state index contributed by atoms with van der Waals surface area (Å²) >= 11 is 1.79. The van der Waals surface area contributed by atoms with Crippen molar-refractivity contribution in [3.05, 3.63) is 46.2 Å². The zero-order chi connectivity index (χ0) is 17.2. The molecule has 4 nitrogen and oxygen atoms in total. The van der Waals surface area contributed by atoms with Crippen molar-refractivity contribution < 1.29 is 5.11 Å². The van der Waals surface area contributed by atoms with Crippen LogP contribution in [0.2, 0.25) is 0 Å². The van der Waals surface area contributed by atoms with Gasteiger partial charge in [0, 0.05) is 41.6 Å². The third-order valence-corrected chi connectivity index (χ3v) is 6.27. The zero-order valence-electron chi connectivity index (χ0n) is 14.7. The molecule has 1 aliphatic rings. The van der Waals surface area contributed by atoms with E-state index in [1.54, 1.807) is 23.7 Å². The second-order valence-electron chi connectivity index (χ2n) is 7.80. The quantitative estimate of drug-likeness (QED) is 0.886. The minimum Gasteiger partial charge on any atom is -0.385 e. The van der Waals surface area contributed by atoms with Gasteiger partial charge < -0.3 is 10.4 Å². The molecule has 0 amide bonds. The SMILES string of the molecule is CC(C)(C)c1cnc(CNC2CCC(O)(c3cccnc3)CC2)s1. The number of hydrogen-bond acceptors (Lipinski definition) is 5. The maximum Gasteiger partial charge on any atom is 0.107 e. The van der Waals surface area contributed by atoms with Crippen LogP contribution >= 0.6 is 11.3 Å². The van der Waals surface area contributed by atoms with Gasteiger partial charge in [-0.15, -0.1) is 11.3 Å². The third kappa shape index (κ3) is 4.02. The first-order valence-electron chi connectivity index (χ1n) is 8.68. The zero-order valence-corrected chi connectivity index (χ0v) is 15.6. The summed E-state index contributed by atoms with van der Waals surface area (Å²) in [5, 5.41) is 15.6. The Balaban J connectivity index is 1.52. The van der Waals surface area contributed by atoms with Crippen molar-refractivity contribution in [2.24, 2.45) is 0 Å². The molecular weight excluding hydrogens is 318 g/mol. The molecule has 1 saturated carbocycles. The molecule has 0 bridgehead atoms. The molecule has 2 N–H and O–H groups in total. The molecule has 1 fully saturated rings. The average Bonchev–Trinajstić information content (AvgIpc) is 3.05. The van der Waals surface area contributed by atoms with Gasteiger partial charge in [0.25, 0.3) is 0 Å². The van der Waals surface area contributed by atoms with Gasteiger partial charge in [0.2, 0.25) is 0 Å². The topological polar surface area (TPSA) is 58.0 Å². The summed E-state index contributed by atoms with van der Waals surface area (Å²) in [5.74, 6) is 0. The molecule has 2 heterocycles. The van der Waals surface area contributed by atoms with Crippen LogP contribution in [0.15, 0.2) is 30.7 Å². The second kappa shape index (κ2) is 6.90. The van der Waals surface area contributed by atoms with E-state index in [-0.39, 0.29) is 5.41 Å². The Labute approximate surface area is 148 Å². The summed E-state index contributed by atoms with van der Waals surface area (Å²) in [6, 6.07) is 4.32. The van der Waals surface area contributed by atoms with Gasteiger partial charge in [0.1, 0.15) is 5.01 Å². The predicted molar refractivity (Wildman–Crippen MR) is 98.0 cm³/mol. The molecular formula is C19H27N3OS. The van der Waals surface area contributed by atoms with E-state index < -0.39 is 5.60 Å². The summed E-state index contributed by atoms with van der Waals surface area (Å²) in [7, 11) is 0. The molecule has 0 spiro atoms. The number of aliphatic hydroxyl groups is 1. The van der Waals surface area contributed by atoms with E-state index in [0.717, 1.165) is 42.8 Å². The summed E-state index contributed by atoms with van der Waals surface area (Å²) in [4.78, 5) is 10.0. The van der Waals surface area contributed by atoms with E-state index in [1.807, 2.05) is 18.3 Å². The predicted octanol–water partition coefficient (Wildman–Crippen LogP) is 3.76. The van der Waals surface area contributed by atoms with Crippen LogP contribution in [0.3, 0.4) is 0 Å². The number of rotatable bonds is 4. The van der Waals surface area contributed by atoms with Crippen molar-refractivity contribution in [3.8, 4) is 0 Å². The van der Waals surface area contributed by atoms with Crippen molar-refractivity contribution in [1.82, 2.24) is 15.3 Å². The molecule has 0 aliphatic heterocycles. The first kappa shape index (κ1) is 17.5. The number of nitrogens with one attached hydrogen (secondary N) is 1. The van der Waals surface area contributed by atoms with Crippen LogP contribution < -0.4 is 5.32 Å². The van der Waals surface area contributed by atoms with Crippen LogP contribution in [0.5, 0.6) is 0 Å². The van der Waals surface area contributed by atoms with E-state index >= 15 is 0 Å². The Morgan fingerprint density at radius 1 is 1.29 bits per heavy atom. The van der Waals surface area contributed by atoms with Crippen LogP contribution in [0, 0.1) is 0 Å². The smallest absolute Gasteiger partial charge is 0.107 e. The summed E-state index contributed by atoms with van der Waals surface area (Å²) < 4.78 is 0. The Hall–Kier alpha value is -1.30. The Bertz CT molecular complexity index is 655. The van der Waals surface area contributed by atoms with Gasteiger partial charge in [-0.25, -0.2) is 4.98 Å². The van der Waals surface area contributed by atoms with Crippen molar-refractivity contribution in [1.29, 1.82) is 0 Å². The highest BCUT2D eigenvalue weighted by molar-refractivity contribution is 7.11. The second-order valence-corrected chi connectivity index (χ2v) is 8.91. The fourth-order valence-electron chi connectivity index (χ4n) is 3.20. The van der Waals surface area contributed by atoms with Crippen LogP contribution in [-0.4, -0.2) is 21.1 Å². The van der Waals surface area contributed by atoms with E-state index in [0.29, 0.717) is 6.04 Å². The minimum atomic E-state index is -0.715. The van der Waals surface area contributed by atoms with Gasteiger partial charge in [-0.2, -0.15) is 0 Å². The highest BCUT2D eigenvalue weighted by atomic mass is 32.1. The van der Waals surface area contributed by atoms with Gasteiger partial charge in [-0.1, -0.05) is 26.8 Å². The molecule has 0 saturated heterocycles. The molecule has 0 aromatic carbocycles. The average molecular weight is 346 g/mol. The largest absolute Gasteiger partial charge is 0.385 e. The van der Waals surface area contributed by atoms with Gasteiger partial charge in [-0.05, 0) is 37.2 Å². The normalized spacial score (nSPS) is 24.9. The lowest BCUT2D eigenvalue weighted by Crippen LogP contribution is -2.39. The molecule has 2 aromatic rings. The standard InChI is InChI=1S/C19H27N3OS/c1-18(2,3)16-12-22-17(24-16)13-21-15-6-8-19(23,9-7-15)14-5-4-10-20-11-14/h4-5,10-12,15,21,23H,6-9,13H2,1-3H3. The van der Waals surface area contributed by atoms with Gasteiger partial charge >= 0.3 is 0 Å². The van der Waals surface area contributed by atoms with Crippen LogP contribution in [0.4, 0.5) is 0 Å². The molecule has 3 rings (SSSR count). The van der Waals surface area contributed by atoms with E-state index in [4.69, 9.17) is 0 Å². The summed E-state index contributed by atoms with van der Waals surface area (Å²) in [5.41, 5.74) is 0.395. The van der Waals surface area contributed by atoms with E-state index in [9.17, 15) is 5.11 Å². The monoisotopic (exact) mass is 345 g/mol. The van der Waals surface area contributed by atoms with Gasteiger partial charge in [0.05, 0.1) is 5.60 Å². The number of thiazole rings is 1. The van der Waals surface area contributed by atoms with Crippen molar-refractivity contribution in [2.45, 2.75) is 70.1 Å². The van der Waals surface area contributed by atoms with Crippen LogP contribution in [-0.2, 0) is 17.6 Å². The first-order valence-corrected chi connectivity index (χ1v) is 9.50. The molecule has 5 heteroatoms. The molecule has 0 radical (unpaired) electrons. The first-order chi connectivity index (χ1) is 11.4. The van der Waals surface area contributed by atoms with Gasteiger partial charge in [0.15, 0.2) is 0 Å². The number of nitrogens with zero attached hydrogens (tertiary/aromatic N) is 2. The Kier molecular flexibility index (Phi) is 5.04. The number of aromatic nitrogens is 2. The van der Waals surface area contributed by atoms with Gasteiger partial charge in [-0.3, -0.25) is 4.98 Å². The lowest BCUT2D eigenvalue weighted by Gasteiger charge is -2.36. The Morgan fingerprint density at radius 3 is 2.62 bits per heavy atom. The molecule has 0 atom stereocenters. The molecule has 130 valence electrons.